The Labute approximate surface area is 180 Å². The number of aryl methyl sites for hydroxylation is 1. The van der Waals surface area contributed by atoms with Crippen LogP contribution < -0.4 is 5.48 Å². The molecule has 1 N–H and O–H groups in total. The first-order valence-corrected chi connectivity index (χ1v) is 12.8. The fraction of sp³-hybridized carbons (Fsp3) is 0.708. The average molecular weight is 434 g/mol. The lowest BCUT2D eigenvalue weighted by Crippen LogP contribution is -2.58. The van der Waals surface area contributed by atoms with Gasteiger partial charge >= 0.3 is 0 Å². The van der Waals surface area contributed by atoms with Crippen LogP contribution in [-0.2, 0) is 19.5 Å². The Bertz CT molecular complexity index is 900. The standard InChI is InChI=1S/C24H35NO4S/c1-17-5-7-20(8-6-17)30(27,28)10-9-23-12-18-11-19(13-23)15-24(14-18,16-23)21(26)25-29-22(2,3)4/h5-8,18-19H,9-16H2,1-4H3,(H,25,26). The lowest BCUT2D eigenvalue weighted by Gasteiger charge is -2.61. The van der Waals surface area contributed by atoms with Gasteiger partial charge in [-0.1, -0.05) is 17.7 Å². The van der Waals surface area contributed by atoms with Crippen LogP contribution in [0.2, 0.25) is 0 Å². The number of amides is 1. The first kappa shape index (κ1) is 21.8. The van der Waals surface area contributed by atoms with E-state index >= 15 is 0 Å². The molecule has 6 heteroatoms. The molecule has 1 aromatic rings. The van der Waals surface area contributed by atoms with E-state index in [0.717, 1.165) is 37.7 Å². The molecule has 0 radical (unpaired) electrons. The Kier molecular flexibility index (Phi) is 5.33. The topological polar surface area (TPSA) is 72.5 Å². The molecule has 4 bridgehead atoms. The molecule has 1 amide bonds. The molecule has 0 aliphatic heterocycles. The molecule has 166 valence electrons. The van der Waals surface area contributed by atoms with E-state index in [1.807, 2.05) is 39.8 Å². The number of rotatable bonds is 6. The van der Waals surface area contributed by atoms with Gasteiger partial charge in [-0.05, 0) is 102 Å². The Morgan fingerprint density at radius 3 is 2.27 bits per heavy atom. The molecule has 30 heavy (non-hydrogen) atoms. The van der Waals surface area contributed by atoms with E-state index in [-0.39, 0.29) is 17.1 Å². The van der Waals surface area contributed by atoms with Crippen molar-refractivity contribution in [2.45, 2.75) is 83.1 Å². The maximum Gasteiger partial charge on any atom is 0.249 e. The molecule has 0 aromatic heterocycles. The first-order chi connectivity index (χ1) is 13.9. The quantitative estimate of drug-likeness (QED) is 0.666. The minimum absolute atomic E-state index is 0.00251. The normalized spacial score (nSPS) is 32.9. The van der Waals surface area contributed by atoms with Crippen molar-refractivity contribution < 1.29 is 18.0 Å². The van der Waals surface area contributed by atoms with Gasteiger partial charge in [0.2, 0.25) is 5.91 Å². The number of nitrogens with one attached hydrogen (secondary N) is 1. The van der Waals surface area contributed by atoms with E-state index < -0.39 is 20.9 Å². The smallest absolute Gasteiger partial charge is 0.249 e. The highest BCUT2D eigenvalue weighted by molar-refractivity contribution is 7.91. The van der Waals surface area contributed by atoms with Gasteiger partial charge < -0.3 is 0 Å². The molecule has 5 nitrogen and oxygen atoms in total. The Balaban J connectivity index is 1.50. The van der Waals surface area contributed by atoms with Gasteiger partial charge in [0.1, 0.15) is 0 Å². The van der Waals surface area contributed by atoms with Crippen LogP contribution in [0.3, 0.4) is 0 Å². The van der Waals surface area contributed by atoms with Crippen LogP contribution in [0.5, 0.6) is 0 Å². The van der Waals surface area contributed by atoms with Crippen molar-refractivity contribution in [2.24, 2.45) is 22.7 Å². The molecule has 2 atom stereocenters. The number of carbonyl (C=O) groups excluding carboxylic acids is 1. The highest BCUT2D eigenvalue weighted by atomic mass is 32.2. The Hall–Kier alpha value is -1.40. The average Bonchev–Trinajstić information content (AvgIpc) is 2.63. The highest BCUT2D eigenvalue weighted by Gasteiger charge is 2.60. The summed E-state index contributed by atoms with van der Waals surface area (Å²) in [6.45, 7) is 7.72. The van der Waals surface area contributed by atoms with Gasteiger partial charge in [0.15, 0.2) is 9.84 Å². The monoisotopic (exact) mass is 433 g/mol. The lowest BCUT2D eigenvalue weighted by atomic mass is 9.43. The van der Waals surface area contributed by atoms with Gasteiger partial charge in [0.05, 0.1) is 21.7 Å². The fourth-order valence-electron chi connectivity index (χ4n) is 6.53. The molecule has 4 aliphatic rings. The summed E-state index contributed by atoms with van der Waals surface area (Å²) >= 11 is 0. The summed E-state index contributed by atoms with van der Waals surface area (Å²) in [5, 5.41) is 0. The lowest BCUT2D eigenvalue weighted by molar-refractivity contribution is -0.178. The summed E-state index contributed by atoms with van der Waals surface area (Å²) in [6.07, 6.45) is 6.55. The molecular formula is C24H35NO4S. The molecule has 0 saturated heterocycles. The minimum atomic E-state index is -3.32. The molecule has 4 saturated carbocycles. The summed E-state index contributed by atoms with van der Waals surface area (Å²) in [7, 11) is -3.32. The minimum Gasteiger partial charge on any atom is -0.272 e. The third-order valence-electron chi connectivity index (χ3n) is 7.40. The van der Waals surface area contributed by atoms with E-state index in [2.05, 4.69) is 5.48 Å². The van der Waals surface area contributed by atoms with Crippen LogP contribution in [0.15, 0.2) is 29.2 Å². The van der Waals surface area contributed by atoms with Gasteiger partial charge in [-0.15, -0.1) is 0 Å². The van der Waals surface area contributed by atoms with E-state index in [0.29, 0.717) is 23.2 Å². The summed E-state index contributed by atoms with van der Waals surface area (Å²) in [4.78, 5) is 19.2. The van der Waals surface area contributed by atoms with Crippen molar-refractivity contribution in [3.63, 3.8) is 0 Å². The second kappa shape index (κ2) is 7.33. The zero-order valence-corrected chi connectivity index (χ0v) is 19.5. The van der Waals surface area contributed by atoms with Crippen molar-refractivity contribution in [3.05, 3.63) is 29.8 Å². The third kappa shape index (κ3) is 4.31. The van der Waals surface area contributed by atoms with E-state index in [1.165, 1.54) is 6.42 Å². The number of carbonyl (C=O) groups is 1. The van der Waals surface area contributed by atoms with Crippen molar-refractivity contribution in [1.29, 1.82) is 0 Å². The number of hydrogen-bond donors (Lipinski definition) is 1. The summed E-state index contributed by atoms with van der Waals surface area (Å²) < 4.78 is 25.9. The van der Waals surface area contributed by atoms with E-state index in [9.17, 15) is 13.2 Å². The second-order valence-electron chi connectivity index (χ2n) is 11.3. The van der Waals surface area contributed by atoms with Gasteiger partial charge in [-0.25, -0.2) is 13.9 Å². The van der Waals surface area contributed by atoms with Gasteiger partial charge in [-0.3, -0.25) is 9.63 Å². The van der Waals surface area contributed by atoms with Crippen molar-refractivity contribution >= 4 is 15.7 Å². The first-order valence-electron chi connectivity index (χ1n) is 11.2. The van der Waals surface area contributed by atoms with Crippen molar-refractivity contribution in [2.75, 3.05) is 5.75 Å². The van der Waals surface area contributed by atoms with Crippen LogP contribution in [0, 0.1) is 29.6 Å². The molecule has 4 aliphatic carbocycles. The SMILES string of the molecule is Cc1ccc(S(=O)(=O)CCC23CC4CC(C2)CC(C(=O)NOC(C)(C)C)(C4)C3)cc1. The number of hydroxylamine groups is 1. The van der Waals surface area contributed by atoms with E-state index in [4.69, 9.17) is 4.84 Å². The fourth-order valence-corrected chi connectivity index (χ4v) is 8.02. The van der Waals surface area contributed by atoms with Crippen LogP contribution in [0.25, 0.3) is 0 Å². The molecule has 0 spiro atoms. The molecule has 5 rings (SSSR count). The van der Waals surface area contributed by atoms with Crippen LogP contribution in [0.1, 0.15) is 71.3 Å². The molecule has 0 heterocycles. The molecular weight excluding hydrogens is 398 g/mol. The maximum absolute atomic E-state index is 13.2. The third-order valence-corrected chi connectivity index (χ3v) is 9.13. The zero-order valence-electron chi connectivity index (χ0n) is 18.7. The number of hydrogen-bond acceptors (Lipinski definition) is 4. The van der Waals surface area contributed by atoms with Gasteiger partial charge in [0, 0.05) is 0 Å². The van der Waals surface area contributed by atoms with E-state index in [1.54, 1.807) is 12.1 Å². The summed E-state index contributed by atoms with van der Waals surface area (Å²) in [5.41, 5.74) is 2.93. The summed E-state index contributed by atoms with van der Waals surface area (Å²) in [6, 6.07) is 7.13. The van der Waals surface area contributed by atoms with Crippen LogP contribution in [0.4, 0.5) is 0 Å². The molecule has 4 fully saturated rings. The van der Waals surface area contributed by atoms with Gasteiger partial charge in [-0.2, -0.15) is 0 Å². The zero-order chi connectivity index (χ0) is 21.8. The predicted molar refractivity (Wildman–Crippen MR) is 116 cm³/mol. The van der Waals surface area contributed by atoms with Gasteiger partial charge in [0.25, 0.3) is 0 Å². The van der Waals surface area contributed by atoms with Crippen molar-refractivity contribution in [1.82, 2.24) is 5.48 Å². The summed E-state index contributed by atoms with van der Waals surface area (Å²) in [5.74, 6) is 1.20. The number of sulfone groups is 1. The predicted octanol–water partition coefficient (Wildman–Crippen LogP) is 4.59. The largest absolute Gasteiger partial charge is 0.272 e. The van der Waals surface area contributed by atoms with Crippen molar-refractivity contribution in [3.8, 4) is 0 Å². The second-order valence-corrected chi connectivity index (χ2v) is 13.4. The van der Waals surface area contributed by atoms with Crippen LogP contribution in [-0.4, -0.2) is 25.7 Å². The molecule has 2 unspecified atom stereocenters. The Morgan fingerprint density at radius 1 is 1.10 bits per heavy atom. The molecule has 1 aromatic carbocycles. The maximum atomic E-state index is 13.2. The van der Waals surface area contributed by atoms with Crippen LogP contribution >= 0.6 is 0 Å². The number of benzene rings is 1. The Morgan fingerprint density at radius 2 is 1.70 bits per heavy atom. The highest BCUT2D eigenvalue weighted by Crippen LogP contribution is 2.66.